The molecule has 1 aliphatic rings. The molecule has 116 valence electrons. The van der Waals surface area contributed by atoms with Crippen molar-refractivity contribution in [1.82, 2.24) is 10.2 Å². The SMILES string of the molecule is CSc1ccc(CN(C)C(=O)C2NCCCC2(C)C)cc1. The molecule has 21 heavy (non-hydrogen) atoms. The van der Waals surface area contributed by atoms with Crippen LogP contribution in [0.4, 0.5) is 0 Å². The normalized spacial score (nSPS) is 21.0. The number of piperidine rings is 1. The summed E-state index contributed by atoms with van der Waals surface area (Å²) in [6.45, 7) is 5.98. The lowest BCUT2D eigenvalue weighted by molar-refractivity contribution is -0.136. The van der Waals surface area contributed by atoms with E-state index < -0.39 is 0 Å². The molecule has 1 unspecified atom stereocenters. The molecule has 1 fully saturated rings. The maximum absolute atomic E-state index is 12.7. The molecule has 1 N–H and O–H groups in total. The molecule has 0 aromatic heterocycles. The topological polar surface area (TPSA) is 32.3 Å². The van der Waals surface area contributed by atoms with Crippen molar-refractivity contribution in [2.24, 2.45) is 5.41 Å². The Hall–Kier alpha value is -1.00. The highest BCUT2D eigenvalue weighted by molar-refractivity contribution is 7.98. The van der Waals surface area contributed by atoms with E-state index in [-0.39, 0.29) is 17.4 Å². The van der Waals surface area contributed by atoms with Gasteiger partial charge in [0.1, 0.15) is 0 Å². The van der Waals surface area contributed by atoms with E-state index in [0.29, 0.717) is 6.54 Å². The van der Waals surface area contributed by atoms with Crippen molar-refractivity contribution in [2.45, 2.75) is 44.2 Å². The maximum Gasteiger partial charge on any atom is 0.240 e. The van der Waals surface area contributed by atoms with Gasteiger partial charge in [0, 0.05) is 18.5 Å². The summed E-state index contributed by atoms with van der Waals surface area (Å²) in [6, 6.07) is 8.37. The van der Waals surface area contributed by atoms with Crippen LogP contribution in [0.25, 0.3) is 0 Å². The average molecular weight is 306 g/mol. The molecule has 1 aromatic rings. The highest BCUT2D eigenvalue weighted by atomic mass is 32.2. The summed E-state index contributed by atoms with van der Waals surface area (Å²) >= 11 is 1.73. The Morgan fingerprint density at radius 3 is 2.62 bits per heavy atom. The lowest BCUT2D eigenvalue weighted by atomic mass is 9.77. The van der Waals surface area contributed by atoms with Gasteiger partial charge in [0.15, 0.2) is 0 Å². The molecule has 0 saturated carbocycles. The summed E-state index contributed by atoms with van der Waals surface area (Å²) < 4.78 is 0. The second-order valence-electron chi connectivity index (χ2n) is 6.52. The number of nitrogens with one attached hydrogen (secondary N) is 1. The Bertz CT molecular complexity index is 484. The fourth-order valence-electron chi connectivity index (χ4n) is 2.94. The van der Waals surface area contributed by atoms with Gasteiger partial charge in [-0.1, -0.05) is 26.0 Å². The van der Waals surface area contributed by atoms with E-state index in [0.717, 1.165) is 19.4 Å². The molecule has 1 amide bonds. The number of amides is 1. The van der Waals surface area contributed by atoms with Gasteiger partial charge in [0.25, 0.3) is 0 Å². The number of thioether (sulfide) groups is 1. The van der Waals surface area contributed by atoms with Gasteiger partial charge < -0.3 is 10.2 Å². The van der Waals surface area contributed by atoms with Crippen molar-refractivity contribution in [2.75, 3.05) is 19.8 Å². The van der Waals surface area contributed by atoms with Crippen LogP contribution in [-0.2, 0) is 11.3 Å². The summed E-state index contributed by atoms with van der Waals surface area (Å²) in [7, 11) is 1.90. The van der Waals surface area contributed by atoms with E-state index in [1.54, 1.807) is 11.8 Å². The molecule has 2 rings (SSSR count). The third-order valence-corrected chi connectivity index (χ3v) is 5.07. The monoisotopic (exact) mass is 306 g/mol. The molecule has 1 aliphatic heterocycles. The summed E-state index contributed by atoms with van der Waals surface area (Å²) in [5.41, 5.74) is 1.21. The molecule has 1 aromatic carbocycles. The lowest BCUT2D eigenvalue weighted by Crippen LogP contribution is -2.55. The molecule has 4 heteroatoms. The first kappa shape index (κ1) is 16.4. The zero-order chi connectivity index (χ0) is 15.5. The summed E-state index contributed by atoms with van der Waals surface area (Å²) in [4.78, 5) is 15.8. The fourth-order valence-corrected chi connectivity index (χ4v) is 3.34. The minimum Gasteiger partial charge on any atom is -0.340 e. The molecule has 3 nitrogen and oxygen atoms in total. The van der Waals surface area contributed by atoms with Crippen molar-refractivity contribution in [1.29, 1.82) is 0 Å². The van der Waals surface area contributed by atoms with Crippen LogP contribution in [0.5, 0.6) is 0 Å². The van der Waals surface area contributed by atoms with Gasteiger partial charge in [-0.25, -0.2) is 0 Å². The number of hydrogen-bond donors (Lipinski definition) is 1. The largest absolute Gasteiger partial charge is 0.340 e. The summed E-state index contributed by atoms with van der Waals surface area (Å²) in [6.07, 6.45) is 4.32. The van der Waals surface area contributed by atoms with Crippen molar-refractivity contribution in [3.63, 3.8) is 0 Å². The molecule has 0 aliphatic carbocycles. The van der Waals surface area contributed by atoms with Gasteiger partial charge in [-0.05, 0) is 48.8 Å². The van der Waals surface area contributed by atoms with Gasteiger partial charge in [-0.15, -0.1) is 11.8 Å². The van der Waals surface area contributed by atoms with Crippen molar-refractivity contribution in [3.8, 4) is 0 Å². The van der Waals surface area contributed by atoms with Crippen LogP contribution >= 0.6 is 11.8 Å². The molecular formula is C17H26N2OS. The first-order valence-electron chi connectivity index (χ1n) is 7.55. The number of carbonyl (C=O) groups excluding carboxylic acids is 1. The molecular weight excluding hydrogens is 280 g/mol. The second-order valence-corrected chi connectivity index (χ2v) is 7.40. The van der Waals surface area contributed by atoms with E-state index in [1.165, 1.54) is 10.5 Å². The number of rotatable bonds is 4. The lowest BCUT2D eigenvalue weighted by Gasteiger charge is -2.40. The Balaban J connectivity index is 2.01. The van der Waals surface area contributed by atoms with Gasteiger partial charge in [0.2, 0.25) is 5.91 Å². The molecule has 0 radical (unpaired) electrons. The Labute approximate surface area is 132 Å². The quantitative estimate of drug-likeness (QED) is 0.867. The third kappa shape index (κ3) is 4.01. The Morgan fingerprint density at radius 2 is 2.05 bits per heavy atom. The van der Waals surface area contributed by atoms with Gasteiger partial charge in [0.05, 0.1) is 6.04 Å². The highest BCUT2D eigenvalue weighted by Crippen LogP contribution is 2.31. The predicted molar refractivity (Wildman–Crippen MR) is 89.5 cm³/mol. The minimum absolute atomic E-state index is 0.0340. The number of hydrogen-bond acceptors (Lipinski definition) is 3. The van der Waals surface area contributed by atoms with Crippen molar-refractivity contribution < 1.29 is 4.79 Å². The smallest absolute Gasteiger partial charge is 0.240 e. The van der Waals surface area contributed by atoms with Crippen LogP contribution in [-0.4, -0.2) is 36.7 Å². The van der Waals surface area contributed by atoms with E-state index >= 15 is 0 Å². The van der Waals surface area contributed by atoms with Crippen LogP contribution in [0, 0.1) is 5.41 Å². The Morgan fingerprint density at radius 1 is 1.38 bits per heavy atom. The van der Waals surface area contributed by atoms with Crippen LogP contribution < -0.4 is 5.32 Å². The second kappa shape index (κ2) is 6.84. The number of carbonyl (C=O) groups is 1. The maximum atomic E-state index is 12.7. The standard InChI is InChI=1S/C17H26N2OS/c1-17(2)10-5-11-18-15(17)16(20)19(3)12-13-6-8-14(21-4)9-7-13/h6-9,15,18H,5,10-12H2,1-4H3. The van der Waals surface area contributed by atoms with Gasteiger partial charge in [-0.2, -0.15) is 0 Å². The fraction of sp³-hybridized carbons (Fsp3) is 0.588. The Kier molecular flexibility index (Phi) is 5.33. The molecule has 1 heterocycles. The molecule has 1 saturated heterocycles. The highest BCUT2D eigenvalue weighted by Gasteiger charge is 2.38. The van der Waals surface area contributed by atoms with E-state index in [9.17, 15) is 4.79 Å². The van der Waals surface area contributed by atoms with E-state index in [1.807, 2.05) is 11.9 Å². The molecule has 0 spiro atoms. The third-order valence-electron chi connectivity index (χ3n) is 4.33. The van der Waals surface area contributed by atoms with Gasteiger partial charge >= 0.3 is 0 Å². The zero-order valence-corrected chi connectivity index (χ0v) is 14.3. The first-order valence-corrected chi connectivity index (χ1v) is 8.78. The van der Waals surface area contributed by atoms with Gasteiger partial charge in [-0.3, -0.25) is 4.79 Å². The molecule has 1 atom stereocenters. The predicted octanol–water partition coefficient (Wildman–Crippen LogP) is 3.15. The number of nitrogens with zero attached hydrogens (tertiary/aromatic N) is 1. The molecule has 0 bridgehead atoms. The van der Waals surface area contributed by atoms with Crippen LogP contribution in [0.15, 0.2) is 29.2 Å². The average Bonchev–Trinajstić information content (AvgIpc) is 2.47. The number of benzene rings is 1. The summed E-state index contributed by atoms with van der Waals surface area (Å²) in [5.74, 6) is 0.202. The van der Waals surface area contributed by atoms with Crippen molar-refractivity contribution in [3.05, 3.63) is 29.8 Å². The summed E-state index contributed by atoms with van der Waals surface area (Å²) in [5, 5.41) is 3.40. The minimum atomic E-state index is -0.0679. The van der Waals surface area contributed by atoms with E-state index in [4.69, 9.17) is 0 Å². The van der Waals surface area contributed by atoms with Crippen LogP contribution in [0.1, 0.15) is 32.3 Å². The first-order chi connectivity index (χ1) is 9.94. The van der Waals surface area contributed by atoms with Crippen molar-refractivity contribution >= 4 is 17.7 Å². The van der Waals surface area contributed by atoms with Crippen LogP contribution in [0.3, 0.4) is 0 Å². The van der Waals surface area contributed by atoms with Crippen LogP contribution in [0.2, 0.25) is 0 Å². The zero-order valence-electron chi connectivity index (χ0n) is 13.5. The van der Waals surface area contributed by atoms with E-state index in [2.05, 4.69) is 49.7 Å². The number of likely N-dealkylation sites (N-methyl/N-ethyl adjacent to an activating group) is 1.